The first-order chi connectivity index (χ1) is 14.0. The molecule has 0 bridgehead atoms. The number of rotatable bonds is 8. The molecule has 3 N–H and O–H groups in total. The van der Waals surface area contributed by atoms with Crippen molar-refractivity contribution in [2.24, 2.45) is 0 Å². The minimum absolute atomic E-state index is 0.103. The van der Waals surface area contributed by atoms with Gasteiger partial charge in [-0.25, -0.2) is 4.57 Å². The Morgan fingerprint density at radius 1 is 1.03 bits per heavy atom. The summed E-state index contributed by atoms with van der Waals surface area (Å²) in [5.74, 6) is 1.36. The predicted octanol–water partition coefficient (Wildman–Crippen LogP) is 4.75. The third-order valence-corrected chi connectivity index (χ3v) is 4.94. The number of benzene rings is 2. The highest BCUT2D eigenvalue weighted by atomic mass is 31.2. The van der Waals surface area contributed by atoms with Crippen LogP contribution in [-0.2, 0) is 11.2 Å². The first-order valence-electron chi connectivity index (χ1n) is 9.25. The van der Waals surface area contributed by atoms with E-state index in [0.717, 1.165) is 35.5 Å². The third-order valence-electron chi connectivity index (χ3n) is 4.49. The van der Waals surface area contributed by atoms with Crippen LogP contribution < -0.4 is 14.6 Å². The molecule has 0 amide bonds. The number of ether oxygens (including phenoxy) is 1. The van der Waals surface area contributed by atoms with E-state index in [1.165, 1.54) is 6.07 Å². The molecule has 29 heavy (non-hydrogen) atoms. The maximum atomic E-state index is 11.1. The molecule has 1 aliphatic carbocycles. The summed E-state index contributed by atoms with van der Waals surface area (Å²) in [4.78, 5) is 22.2. The second-order valence-electron chi connectivity index (χ2n) is 6.87. The van der Waals surface area contributed by atoms with Crippen molar-refractivity contribution in [1.82, 2.24) is 4.98 Å². The van der Waals surface area contributed by atoms with Gasteiger partial charge in [0.25, 0.3) is 0 Å². The molecule has 1 saturated carbocycles. The number of anilines is 2. The van der Waals surface area contributed by atoms with Gasteiger partial charge in [0.15, 0.2) is 0 Å². The molecule has 150 valence electrons. The fourth-order valence-electron chi connectivity index (χ4n) is 3.04. The van der Waals surface area contributed by atoms with Crippen molar-refractivity contribution in [2.45, 2.75) is 25.4 Å². The number of phosphoric acid groups is 1. The second-order valence-corrected chi connectivity index (χ2v) is 8.03. The Morgan fingerprint density at radius 2 is 1.90 bits per heavy atom. The maximum absolute atomic E-state index is 11.1. The SMILES string of the molecule is O=P(O)(O)Oc1cccc(Nc2ccc(OCc3ccccn3)cc2C2CC2)c1. The molecule has 4 rings (SSSR count). The largest absolute Gasteiger partial charge is 0.524 e. The first-order valence-corrected chi connectivity index (χ1v) is 10.8. The molecule has 0 unspecified atom stereocenters. The van der Waals surface area contributed by atoms with Crippen LogP contribution in [-0.4, -0.2) is 14.8 Å². The van der Waals surface area contributed by atoms with E-state index in [1.807, 2.05) is 42.5 Å². The number of phosphoric ester groups is 1. The normalized spacial score (nSPS) is 13.7. The molecule has 8 heteroatoms. The third kappa shape index (κ3) is 5.57. The number of aromatic nitrogens is 1. The van der Waals surface area contributed by atoms with Crippen LogP contribution in [0.4, 0.5) is 11.4 Å². The highest BCUT2D eigenvalue weighted by molar-refractivity contribution is 7.46. The average Bonchev–Trinajstić information content (AvgIpc) is 3.52. The van der Waals surface area contributed by atoms with Gasteiger partial charge in [-0.05, 0) is 66.8 Å². The van der Waals surface area contributed by atoms with Crippen molar-refractivity contribution < 1.29 is 23.6 Å². The van der Waals surface area contributed by atoms with Gasteiger partial charge in [-0.2, -0.15) is 0 Å². The minimum atomic E-state index is -4.59. The van der Waals surface area contributed by atoms with Gasteiger partial charge in [-0.15, -0.1) is 0 Å². The van der Waals surface area contributed by atoms with Crippen LogP contribution in [0.25, 0.3) is 0 Å². The maximum Gasteiger partial charge on any atom is 0.524 e. The van der Waals surface area contributed by atoms with E-state index < -0.39 is 7.82 Å². The Bertz CT molecular complexity index is 1030. The lowest BCUT2D eigenvalue weighted by Crippen LogP contribution is -2.00. The van der Waals surface area contributed by atoms with Crippen LogP contribution in [0, 0.1) is 0 Å². The Balaban J connectivity index is 1.50. The van der Waals surface area contributed by atoms with Crippen molar-refractivity contribution in [2.75, 3.05) is 5.32 Å². The lowest BCUT2D eigenvalue weighted by Gasteiger charge is -2.15. The average molecular weight is 412 g/mol. The molecule has 0 aliphatic heterocycles. The van der Waals surface area contributed by atoms with E-state index in [1.54, 1.807) is 18.3 Å². The van der Waals surface area contributed by atoms with E-state index in [-0.39, 0.29) is 5.75 Å². The summed E-state index contributed by atoms with van der Waals surface area (Å²) in [7, 11) is -4.59. The molecule has 1 aromatic heterocycles. The van der Waals surface area contributed by atoms with Crippen molar-refractivity contribution >= 4 is 19.2 Å². The molecular formula is C21H21N2O5P. The van der Waals surface area contributed by atoms with Crippen molar-refractivity contribution in [3.05, 3.63) is 78.1 Å². The van der Waals surface area contributed by atoms with Gasteiger partial charge in [0.1, 0.15) is 18.1 Å². The van der Waals surface area contributed by atoms with E-state index in [2.05, 4.69) is 14.8 Å². The topological polar surface area (TPSA) is 101 Å². The summed E-state index contributed by atoms with van der Waals surface area (Å²) >= 11 is 0. The minimum Gasteiger partial charge on any atom is -0.487 e. The van der Waals surface area contributed by atoms with Gasteiger partial charge in [0, 0.05) is 23.6 Å². The Hall–Kier alpha value is -2.86. The number of nitrogens with one attached hydrogen (secondary N) is 1. The fourth-order valence-corrected chi connectivity index (χ4v) is 3.43. The highest BCUT2D eigenvalue weighted by Gasteiger charge is 2.27. The Kier molecular flexibility index (Phi) is 5.53. The summed E-state index contributed by atoms with van der Waals surface area (Å²) in [5, 5.41) is 3.32. The zero-order chi connectivity index (χ0) is 20.3. The first kappa shape index (κ1) is 19.5. The molecule has 0 spiro atoms. The Labute approximate surface area is 168 Å². The molecule has 0 atom stereocenters. The van der Waals surface area contributed by atoms with Crippen molar-refractivity contribution in [3.8, 4) is 11.5 Å². The molecule has 3 aromatic rings. The highest BCUT2D eigenvalue weighted by Crippen LogP contribution is 2.45. The van der Waals surface area contributed by atoms with Gasteiger partial charge in [0.05, 0.1) is 5.69 Å². The molecule has 2 aromatic carbocycles. The molecule has 0 saturated heterocycles. The van der Waals surface area contributed by atoms with Crippen LogP contribution >= 0.6 is 7.82 Å². The van der Waals surface area contributed by atoms with Gasteiger partial charge < -0.3 is 14.6 Å². The van der Waals surface area contributed by atoms with Crippen LogP contribution in [0.1, 0.15) is 30.0 Å². The summed E-state index contributed by atoms with van der Waals surface area (Å²) < 4.78 is 21.6. The zero-order valence-corrected chi connectivity index (χ0v) is 16.5. The number of hydrogen-bond donors (Lipinski definition) is 3. The van der Waals surface area contributed by atoms with Crippen molar-refractivity contribution in [3.63, 3.8) is 0 Å². The summed E-state index contributed by atoms with van der Waals surface area (Å²) in [6.07, 6.45) is 3.99. The van der Waals surface area contributed by atoms with E-state index in [4.69, 9.17) is 14.5 Å². The molecule has 1 heterocycles. The molecule has 7 nitrogen and oxygen atoms in total. The van der Waals surface area contributed by atoms with Gasteiger partial charge in [-0.1, -0.05) is 12.1 Å². The van der Waals surface area contributed by atoms with E-state index in [9.17, 15) is 4.57 Å². The fraction of sp³-hybridized carbons (Fsp3) is 0.190. The summed E-state index contributed by atoms with van der Waals surface area (Å²) in [6, 6.07) is 18.2. The number of hydrogen-bond acceptors (Lipinski definition) is 5. The second kappa shape index (κ2) is 8.25. The lowest BCUT2D eigenvalue weighted by molar-refractivity contribution is 0.283. The number of nitrogens with zero attached hydrogens (tertiary/aromatic N) is 1. The van der Waals surface area contributed by atoms with Gasteiger partial charge in [0.2, 0.25) is 0 Å². The van der Waals surface area contributed by atoms with Crippen LogP contribution in [0.5, 0.6) is 11.5 Å². The molecule has 0 radical (unpaired) electrons. The predicted molar refractivity (Wildman–Crippen MR) is 109 cm³/mol. The zero-order valence-electron chi connectivity index (χ0n) is 15.6. The summed E-state index contributed by atoms with van der Waals surface area (Å²) in [6.45, 7) is 0.402. The smallest absolute Gasteiger partial charge is 0.487 e. The molecule has 1 fully saturated rings. The van der Waals surface area contributed by atoms with Crippen molar-refractivity contribution in [1.29, 1.82) is 0 Å². The van der Waals surface area contributed by atoms with Gasteiger partial charge >= 0.3 is 7.82 Å². The van der Waals surface area contributed by atoms with Crippen LogP contribution in [0.3, 0.4) is 0 Å². The standard InChI is InChI=1S/C21H21N2O5P/c24-29(25,26)28-19-6-3-5-16(12-19)23-21-10-9-18(13-20(21)15-7-8-15)27-14-17-4-1-2-11-22-17/h1-6,9-13,15,23H,7-8,14H2,(H2,24,25,26). The Morgan fingerprint density at radius 3 is 2.62 bits per heavy atom. The van der Waals surface area contributed by atoms with E-state index >= 15 is 0 Å². The summed E-state index contributed by atoms with van der Waals surface area (Å²) in [5.41, 5.74) is 3.64. The monoisotopic (exact) mass is 412 g/mol. The van der Waals surface area contributed by atoms with Crippen LogP contribution in [0.2, 0.25) is 0 Å². The van der Waals surface area contributed by atoms with Gasteiger partial charge in [-0.3, -0.25) is 14.8 Å². The quantitative estimate of drug-likeness (QED) is 0.459. The van der Waals surface area contributed by atoms with E-state index in [0.29, 0.717) is 18.2 Å². The molecular weight excluding hydrogens is 391 g/mol. The molecule has 1 aliphatic rings. The van der Waals surface area contributed by atoms with Crippen LogP contribution in [0.15, 0.2) is 66.9 Å². The lowest BCUT2D eigenvalue weighted by atomic mass is 10.1. The number of pyridine rings is 1.